The van der Waals surface area contributed by atoms with E-state index in [0.717, 1.165) is 44.4 Å². The molecule has 2 aliphatic rings. The van der Waals surface area contributed by atoms with E-state index < -0.39 is 0 Å². The predicted molar refractivity (Wildman–Crippen MR) is 132 cm³/mol. The summed E-state index contributed by atoms with van der Waals surface area (Å²) in [4.78, 5) is 22.0. The number of nitrogens with one attached hydrogen (secondary N) is 2. The zero-order valence-electron chi connectivity index (χ0n) is 17.7. The Morgan fingerprint density at radius 2 is 2.10 bits per heavy atom. The number of carbonyl (C=O) groups excluding carboxylic acids is 1. The van der Waals surface area contributed by atoms with Gasteiger partial charge in [0, 0.05) is 51.2 Å². The van der Waals surface area contributed by atoms with E-state index in [4.69, 9.17) is 0 Å². The standard InChI is InChI=1S/C21H35N5OS.HI/c1-25(2)20(27)14-23-21(22-11-9-19-8-5-13-28-19)24-18-10-12-26(16-18)15-17-6-3-4-7-17;/h5,8,13,17-18H,3-4,6-7,9-12,14-16H2,1-2H3,(H2,22,23,24);1H. The first-order valence-corrected chi connectivity index (χ1v) is 11.5. The second-order valence-corrected chi connectivity index (χ2v) is 9.28. The van der Waals surface area contributed by atoms with Crippen LogP contribution in [0.4, 0.5) is 0 Å². The van der Waals surface area contributed by atoms with Gasteiger partial charge in [-0.3, -0.25) is 4.79 Å². The van der Waals surface area contributed by atoms with E-state index >= 15 is 0 Å². The predicted octanol–water partition coefficient (Wildman–Crippen LogP) is 2.80. The third kappa shape index (κ3) is 8.41. The molecule has 2 fully saturated rings. The third-order valence-corrected chi connectivity index (χ3v) is 6.66. The van der Waals surface area contributed by atoms with Crippen molar-refractivity contribution in [2.24, 2.45) is 10.9 Å². The van der Waals surface area contributed by atoms with Crippen molar-refractivity contribution in [1.29, 1.82) is 0 Å². The number of hydrogen-bond donors (Lipinski definition) is 2. The number of rotatable bonds is 8. The molecule has 8 heteroatoms. The van der Waals surface area contributed by atoms with E-state index in [2.05, 4.69) is 38.0 Å². The number of amides is 1. The minimum Gasteiger partial charge on any atom is -0.356 e. The Morgan fingerprint density at radius 3 is 2.79 bits per heavy atom. The summed E-state index contributed by atoms with van der Waals surface area (Å²) >= 11 is 1.78. The Bertz CT molecular complexity index is 631. The lowest BCUT2D eigenvalue weighted by molar-refractivity contribution is -0.127. The van der Waals surface area contributed by atoms with Gasteiger partial charge in [-0.2, -0.15) is 0 Å². The largest absolute Gasteiger partial charge is 0.356 e. The lowest BCUT2D eigenvalue weighted by Gasteiger charge is -2.21. The maximum absolute atomic E-state index is 11.9. The molecule has 0 aromatic carbocycles. The van der Waals surface area contributed by atoms with Gasteiger partial charge < -0.3 is 20.4 Å². The van der Waals surface area contributed by atoms with Gasteiger partial charge in [-0.1, -0.05) is 18.9 Å². The van der Waals surface area contributed by atoms with Gasteiger partial charge in [-0.05, 0) is 43.0 Å². The van der Waals surface area contributed by atoms with Crippen molar-refractivity contribution in [2.45, 2.75) is 44.6 Å². The normalized spacial score (nSPS) is 20.5. The molecule has 0 spiro atoms. The average molecular weight is 534 g/mol. The Kier molecular flexibility index (Phi) is 10.7. The van der Waals surface area contributed by atoms with E-state index in [1.54, 1.807) is 30.3 Å². The number of halogens is 1. The van der Waals surface area contributed by atoms with Crippen molar-refractivity contribution < 1.29 is 4.79 Å². The molecule has 1 atom stereocenters. The van der Waals surface area contributed by atoms with Crippen LogP contribution >= 0.6 is 35.3 Å². The Labute approximate surface area is 196 Å². The summed E-state index contributed by atoms with van der Waals surface area (Å²) in [5, 5.41) is 9.11. The Morgan fingerprint density at radius 1 is 1.31 bits per heavy atom. The van der Waals surface area contributed by atoms with Crippen LogP contribution in [0.5, 0.6) is 0 Å². The number of aliphatic imine (C=N–C) groups is 1. The molecule has 0 radical (unpaired) electrons. The molecule has 3 rings (SSSR count). The second kappa shape index (κ2) is 12.7. The number of nitrogens with zero attached hydrogens (tertiary/aromatic N) is 3. The van der Waals surface area contributed by atoms with Crippen LogP contribution in [-0.4, -0.2) is 74.5 Å². The number of guanidine groups is 1. The van der Waals surface area contributed by atoms with Crippen LogP contribution < -0.4 is 10.6 Å². The van der Waals surface area contributed by atoms with Gasteiger partial charge in [0.1, 0.15) is 6.54 Å². The van der Waals surface area contributed by atoms with Gasteiger partial charge in [0.05, 0.1) is 0 Å². The quantitative estimate of drug-likeness (QED) is 0.307. The number of likely N-dealkylation sites (N-methyl/N-ethyl adjacent to an activating group) is 1. The van der Waals surface area contributed by atoms with Gasteiger partial charge in [-0.15, -0.1) is 35.3 Å². The average Bonchev–Trinajstić information content (AvgIpc) is 3.43. The van der Waals surface area contributed by atoms with Gasteiger partial charge >= 0.3 is 0 Å². The zero-order chi connectivity index (χ0) is 19.8. The molecule has 2 heterocycles. The summed E-state index contributed by atoms with van der Waals surface area (Å²) in [6.07, 6.45) is 7.73. The molecule has 29 heavy (non-hydrogen) atoms. The van der Waals surface area contributed by atoms with Gasteiger partial charge in [0.15, 0.2) is 5.96 Å². The van der Waals surface area contributed by atoms with Crippen LogP contribution in [0, 0.1) is 5.92 Å². The van der Waals surface area contributed by atoms with Crippen LogP contribution in [0.3, 0.4) is 0 Å². The summed E-state index contributed by atoms with van der Waals surface area (Å²) in [7, 11) is 3.54. The van der Waals surface area contributed by atoms with Crippen molar-refractivity contribution >= 4 is 47.2 Å². The summed E-state index contributed by atoms with van der Waals surface area (Å²) in [5.74, 6) is 1.68. The number of carbonyl (C=O) groups is 1. The molecule has 1 aromatic rings. The van der Waals surface area contributed by atoms with E-state index in [1.165, 1.54) is 37.1 Å². The maximum atomic E-state index is 11.9. The smallest absolute Gasteiger partial charge is 0.243 e. The van der Waals surface area contributed by atoms with Crippen molar-refractivity contribution in [3.05, 3.63) is 22.4 Å². The van der Waals surface area contributed by atoms with Crippen LogP contribution in [0.2, 0.25) is 0 Å². The summed E-state index contributed by atoms with van der Waals surface area (Å²) in [5.41, 5.74) is 0. The topological polar surface area (TPSA) is 60.0 Å². The molecule has 2 N–H and O–H groups in total. The van der Waals surface area contributed by atoms with Gasteiger partial charge in [0.25, 0.3) is 0 Å². The Balaban J connectivity index is 0.00000300. The third-order valence-electron chi connectivity index (χ3n) is 5.72. The summed E-state index contributed by atoms with van der Waals surface area (Å²) in [6.45, 7) is 4.48. The van der Waals surface area contributed by atoms with Crippen molar-refractivity contribution in [3.63, 3.8) is 0 Å². The van der Waals surface area contributed by atoms with Crippen molar-refractivity contribution in [3.8, 4) is 0 Å². The highest BCUT2D eigenvalue weighted by Gasteiger charge is 2.26. The highest BCUT2D eigenvalue weighted by Crippen LogP contribution is 2.26. The van der Waals surface area contributed by atoms with Gasteiger partial charge in [0.2, 0.25) is 5.91 Å². The molecule has 1 aliphatic heterocycles. The lowest BCUT2D eigenvalue weighted by Crippen LogP contribution is -2.46. The summed E-state index contributed by atoms with van der Waals surface area (Å²) in [6, 6.07) is 4.65. The molecule has 1 saturated heterocycles. The van der Waals surface area contributed by atoms with Crippen LogP contribution in [0.1, 0.15) is 37.0 Å². The molecule has 1 unspecified atom stereocenters. The number of hydrogen-bond acceptors (Lipinski definition) is 4. The highest BCUT2D eigenvalue weighted by atomic mass is 127. The molecule has 6 nitrogen and oxygen atoms in total. The molecule has 164 valence electrons. The molecule has 0 bridgehead atoms. The van der Waals surface area contributed by atoms with Crippen LogP contribution in [0.15, 0.2) is 22.5 Å². The molecule has 1 aromatic heterocycles. The second-order valence-electron chi connectivity index (χ2n) is 8.25. The highest BCUT2D eigenvalue weighted by molar-refractivity contribution is 14.0. The fourth-order valence-electron chi connectivity index (χ4n) is 4.07. The molecule has 1 aliphatic carbocycles. The molecule has 1 saturated carbocycles. The Hall–Kier alpha value is -0.870. The first-order chi connectivity index (χ1) is 13.6. The zero-order valence-corrected chi connectivity index (χ0v) is 20.9. The van der Waals surface area contributed by atoms with E-state index in [9.17, 15) is 4.79 Å². The van der Waals surface area contributed by atoms with Crippen molar-refractivity contribution in [1.82, 2.24) is 20.4 Å². The number of likely N-dealkylation sites (tertiary alicyclic amines) is 1. The van der Waals surface area contributed by atoms with Crippen LogP contribution in [-0.2, 0) is 11.2 Å². The lowest BCUT2D eigenvalue weighted by atomic mass is 10.1. The minimum atomic E-state index is 0. The van der Waals surface area contributed by atoms with E-state index in [0.29, 0.717) is 6.04 Å². The fourth-order valence-corrected chi connectivity index (χ4v) is 4.78. The molecular formula is C21H36IN5OS. The SMILES string of the molecule is CN(C)C(=O)CN=C(NCCc1cccs1)NC1CCN(CC2CCCC2)C1.I. The fraction of sp³-hybridized carbons (Fsp3) is 0.714. The monoisotopic (exact) mass is 533 g/mol. The first kappa shape index (κ1) is 24.4. The first-order valence-electron chi connectivity index (χ1n) is 10.6. The number of thiophene rings is 1. The minimum absolute atomic E-state index is 0. The van der Waals surface area contributed by atoms with Crippen molar-refractivity contribution in [2.75, 3.05) is 46.8 Å². The van der Waals surface area contributed by atoms with Gasteiger partial charge in [-0.25, -0.2) is 4.99 Å². The summed E-state index contributed by atoms with van der Waals surface area (Å²) < 4.78 is 0. The van der Waals surface area contributed by atoms with Crippen LogP contribution in [0.25, 0.3) is 0 Å². The maximum Gasteiger partial charge on any atom is 0.243 e. The van der Waals surface area contributed by atoms with E-state index in [-0.39, 0.29) is 36.4 Å². The van der Waals surface area contributed by atoms with E-state index in [1.807, 2.05) is 0 Å². The molecular weight excluding hydrogens is 497 g/mol. The molecule has 1 amide bonds.